The first-order valence-corrected chi connectivity index (χ1v) is 9.61. The minimum absolute atomic E-state index is 0.00524. The zero-order valence-electron chi connectivity index (χ0n) is 16.5. The van der Waals surface area contributed by atoms with Crippen LogP contribution in [-0.2, 0) is 22.6 Å². The van der Waals surface area contributed by atoms with E-state index in [1.54, 1.807) is 16.7 Å². The van der Waals surface area contributed by atoms with Gasteiger partial charge in [0, 0.05) is 20.0 Å². The molecule has 0 bridgehead atoms. The molecule has 0 saturated carbocycles. The van der Waals surface area contributed by atoms with Crippen LogP contribution in [0.25, 0.3) is 0 Å². The fourth-order valence-electron chi connectivity index (χ4n) is 3.80. The third-order valence-corrected chi connectivity index (χ3v) is 5.31. The number of hydrogen-bond acceptors (Lipinski definition) is 2. The van der Waals surface area contributed by atoms with Crippen molar-refractivity contribution in [3.63, 3.8) is 0 Å². The van der Waals surface area contributed by atoms with Crippen LogP contribution in [0.5, 0.6) is 0 Å². The van der Waals surface area contributed by atoms with E-state index in [4.69, 9.17) is 6.42 Å². The Hall–Kier alpha value is -3.06. The van der Waals surface area contributed by atoms with Crippen molar-refractivity contribution < 1.29 is 9.59 Å². The second-order valence-corrected chi connectivity index (χ2v) is 7.32. The van der Waals surface area contributed by atoms with Crippen LogP contribution in [0.1, 0.15) is 41.6 Å². The minimum Gasteiger partial charge on any atom is -0.335 e. The van der Waals surface area contributed by atoms with Gasteiger partial charge in [-0.25, -0.2) is 0 Å². The van der Waals surface area contributed by atoms with Crippen LogP contribution in [0.3, 0.4) is 0 Å². The highest BCUT2D eigenvalue weighted by atomic mass is 16.2. The number of carbonyl (C=O) groups is 2. The maximum absolute atomic E-state index is 13.1. The quantitative estimate of drug-likeness (QED) is 0.752. The van der Waals surface area contributed by atoms with E-state index in [-0.39, 0.29) is 30.8 Å². The Morgan fingerprint density at radius 3 is 2.57 bits per heavy atom. The molecule has 0 saturated heterocycles. The van der Waals surface area contributed by atoms with Gasteiger partial charge in [0.1, 0.15) is 0 Å². The van der Waals surface area contributed by atoms with Crippen molar-refractivity contribution in [3.8, 4) is 12.3 Å². The van der Waals surface area contributed by atoms with Gasteiger partial charge in [0.15, 0.2) is 0 Å². The average Bonchev–Trinajstić information content (AvgIpc) is 2.69. The van der Waals surface area contributed by atoms with E-state index in [0.29, 0.717) is 13.1 Å². The van der Waals surface area contributed by atoms with Gasteiger partial charge in [-0.05, 0) is 30.0 Å². The lowest BCUT2D eigenvalue weighted by atomic mass is 9.90. The Bertz CT molecular complexity index is 896. The van der Waals surface area contributed by atoms with Crippen molar-refractivity contribution in [3.05, 3.63) is 70.8 Å². The lowest BCUT2D eigenvalue weighted by molar-refractivity contribution is -0.136. The van der Waals surface area contributed by atoms with Crippen LogP contribution >= 0.6 is 0 Å². The van der Waals surface area contributed by atoms with Crippen molar-refractivity contribution >= 4 is 11.8 Å². The average molecular weight is 374 g/mol. The monoisotopic (exact) mass is 374 g/mol. The molecule has 0 aliphatic carbocycles. The fraction of sp³-hybridized carbons (Fsp3) is 0.333. The third kappa shape index (κ3) is 4.43. The first-order chi connectivity index (χ1) is 13.5. The molecule has 2 aromatic carbocycles. The van der Waals surface area contributed by atoms with Gasteiger partial charge in [0.05, 0.1) is 19.0 Å². The van der Waals surface area contributed by atoms with Crippen molar-refractivity contribution in [2.45, 2.75) is 39.3 Å². The lowest BCUT2D eigenvalue weighted by Crippen LogP contribution is -2.42. The summed E-state index contributed by atoms with van der Waals surface area (Å²) >= 11 is 0. The number of terminal acetylenes is 1. The van der Waals surface area contributed by atoms with E-state index >= 15 is 0 Å². The molecule has 0 spiro atoms. The standard InChI is InChI=1S/C24H26N2O2/c1-4-14-25(17-20-11-9-18(2)10-12-20)24(28)16-23-22-8-6-5-7-21(22)13-15-26(23)19(3)27/h1,5-12,23H,13-17H2,2-3H3. The first-order valence-electron chi connectivity index (χ1n) is 9.61. The third-order valence-electron chi connectivity index (χ3n) is 5.31. The van der Waals surface area contributed by atoms with Gasteiger partial charge in [-0.15, -0.1) is 6.42 Å². The van der Waals surface area contributed by atoms with Crippen LogP contribution in [0.2, 0.25) is 0 Å². The highest BCUT2D eigenvalue weighted by Gasteiger charge is 2.31. The SMILES string of the molecule is C#CCN(Cc1ccc(C)cc1)C(=O)CC1c2ccccc2CCN1C(C)=O. The molecule has 28 heavy (non-hydrogen) atoms. The van der Waals surface area contributed by atoms with E-state index in [2.05, 4.69) is 12.0 Å². The number of rotatable bonds is 5. The molecule has 2 aromatic rings. The minimum atomic E-state index is -0.242. The zero-order chi connectivity index (χ0) is 20.1. The largest absolute Gasteiger partial charge is 0.335 e. The smallest absolute Gasteiger partial charge is 0.226 e. The molecule has 0 aromatic heterocycles. The van der Waals surface area contributed by atoms with E-state index in [1.807, 2.05) is 49.4 Å². The summed E-state index contributed by atoms with van der Waals surface area (Å²) in [7, 11) is 0. The molecule has 4 heteroatoms. The number of benzene rings is 2. The summed E-state index contributed by atoms with van der Waals surface area (Å²) in [6.07, 6.45) is 6.58. The number of aryl methyl sites for hydroxylation is 1. The van der Waals surface area contributed by atoms with Gasteiger partial charge in [-0.1, -0.05) is 60.0 Å². The summed E-state index contributed by atoms with van der Waals surface area (Å²) in [5, 5.41) is 0. The van der Waals surface area contributed by atoms with E-state index in [1.165, 1.54) is 11.1 Å². The van der Waals surface area contributed by atoms with Crippen LogP contribution in [0.15, 0.2) is 48.5 Å². The van der Waals surface area contributed by atoms with Crippen molar-refractivity contribution in [2.24, 2.45) is 0 Å². The number of amides is 2. The zero-order valence-corrected chi connectivity index (χ0v) is 16.5. The number of fused-ring (bicyclic) bond motifs is 1. The molecule has 1 unspecified atom stereocenters. The summed E-state index contributed by atoms with van der Waals surface area (Å²) in [4.78, 5) is 28.8. The van der Waals surface area contributed by atoms with Gasteiger partial charge in [-0.2, -0.15) is 0 Å². The van der Waals surface area contributed by atoms with Gasteiger partial charge in [0.25, 0.3) is 0 Å². The number of hydrogen-bond donors (Lipinski definition) is 0. The molecular formula is C24H26N2O2. The number of nitrogens with zero attached hydrogens (tertiary/aromatic N) is 2. The highest BCUT2D eigenvalue weighted by molar-refractivity contribution is 5.80. The molecule has 1 aliphatic rings. The molecule has 1 atom stereocenters. The fourth-order valence-corrected chi connectivity index (χ4v) is 3.80. The van der Waals surface area contributed by atoms with Gasteiger partial charge < -0.3 is 9.80 Å². The summed E-state index contributed by atoms with van der Waals surface area (Å²) in [6, 6.07) is 15.9. The van der Waals surface area contributed by atoms with Crippen LogP contribution in [0, 0.1) is 19.3 Å². The summed E-state index contributed by atoms with van der Waals surface area (Å²) in [5.74, 6) is 2.55. The maximum atomic E-state index is 13.1. The molecule has 144 valence electrons. The van der Waals surface area contributed by atoms with Crippen LogP contribution in [0.4, 0.5) is 0 Å². The molecular weight excluding hydrogens is 348 g/mol. The highest BCUT2D eigenvalue weighted by Crippen LogP contribution is 2.33. The molecule has 0 radical (unpaired) electrons. The molecule has 2 amide bonds. The predicted molar refractivity (Wildman–Crippen MR) is 110 cm³/mol. The predicted octanol–water partition coefficient (Wildman–Crippen LogP) is 3.49. The Labute approximate surface area is 167 Å². The summed E-state index contributed by atoms with van der Waals surface area (Å²) in [6.45, 7) is 4.96. The second-order valence-electron chi connectivity index (χ2n) is 7.32. The van der Waals surface area contributed by atoms with Gasteiger partial charge in [0.2, 0.25) is 11.8 Å². The molecule has 1 heterocycles. The van der Waals surface area contributed by atoms with E-state index in [9.17, 15) is 9.59 Å². The second kappa shape index (κ2) is 8.75. The topological polar surface area (TPSA) is 40.6 Å². The van der Waals surface area contributed by atoms with E-state index < -0.39 is 0 Å². The Morgan fingerprint density at radius 2 is 1.89 bits per heavy atom. The van der Waals surface area contributed by atoms with Crippen molar-refractivity contribution in [1.82, 2.24) is 9.80 Å². The van der Waals surface area contributed by atoms with Gasteiger partial charge in [-0.3, -0.25) is 9.59 Å². The molecule has 0 N–H and O–H groups in total. The van der Waals surface area contributed by atoms with Crippen LogP contribution < -0.4 is 0 Å². The molecule has 0 fully saturated rings. The molecule has 4 nitrogen and oxygen atoms in total. The molecule has 3 rings (SSSR count). The van der Waals surface area contributed by atoms with Crippen molar-refractivity contribution in [1.29, 1.82) is 0 Å². The Kier molecular flexibility index (Phi) is 6.16. The molecule has 1 aliphatic heterocycles. The maximum Gasteiger partial charge on any atom is 0.226 e. The Morgan fingerprint density at radius 1 is 1.18 bits per heavy atom. The summed E-state index contributed by atoms with van der Waals surface area (Å²) in [5.41, 5.74) is 4.49. The number of carbonyl (C=O) groups excluding carboxylic acids is 2. The lowest BCUT2D eigenvalue weighted by Gasteiger charge is -2.37. The van der Waals surface area contributed by atoms with Crippen molar-refractivity contribution in [2.75, 3.05) is 13.1 Å². The van der Waals surface area contributed by atoms with E-state index in [0.717, 1.165) is 17.5 Å². The summed E-state index contributed by atoms with van der Waals surface area (Å²) < 4.78 is 0. The first kappa shape index (κ1) is 19.7. The normalized spacial score (nSPS) is 15.5. The van der Waals surface area contributed by atoms with Crippen LogP contribution in [-0.4, -0.2) is 34.7 Å². The Balaban J connectivity index is 1.82. The van der Waals surface area contributed by atoms with Gasteiger partial charge >= 0.3 is 0 Å².